The van der Waals surface area contributed by atoms with Gasteiger partial charge in [-0.25, -0.2) is 0 Å². The van der Waals surface area contributed by atoms with E-state index in [1.807, 2.05) is 11.8 Å². The Morgan fingerprint density at radius 3 is 2.78 bits per heavy atom. The number of hydrogen-bond donors (Lipinski definition) is 2. The maximum atomic E-state index is 3.64. The van der Waals surface area contributed by atoms with Crippen molar-refractivity contribution in [2.45, 2.75) is 43.7 Å². The first-order valence-corrected chi connectivity index (χ1v) is 7.84. The summed E-state index contributed by atoms with van der Waals surface area (Å²) in [6.45, 7) is 8.76. The number of benzene rings is 1. The van der Waals surface area contributed by atoms with E-state index in [4.69, 9.17) is 0 Å². The van der Waals surface area contributed by atoms with E-state index in [0.717, 1.165) is 13.1 Å². The summed E-state index contributed by atoms with van der Waals surface area (Å²) in [6, 6.07) is 9.91. The molecule has 0 radical (unpaired) electrons. The van der Waals surface area contributed by atoms with Gasteiger partial charge < -0.3 is 10.6 Å². The molecule has 0 saturated heterocycles. The topological polar surface area (TPSA) is 24.1 Å². The Morgan fingerprint density at radius 2 is 2.00 bits per heavy atom. The molecule has 2 nitrogen and oxygen atoms in total. The van der Waals surface area contributed by atoms with E-state index in [2.05, 4.69) is 55.7 Å². The van der Waals surface area contributed by atoms with Crippen LogP contribution in [0.3, 0.4) is 0 Å². The number of nitrogens with one attached hydrogen (secondary N) is 2. The van der Waals surface area contributed by atoms with Gasteiger partial charge >= 0.3 is 0 Å². The third-order valence-corrected chi connectivity index (χ3v) is 4.60. The van der Waals surface area contributed by atoms with E-state index in [1.165, 1.54) is 16.2 Å². The van der Waals surface area contributed by atoms with Crippen LogP contribution in [0.1, 0.15) is 32.3 Å². The summed E-state index contributed by atoms with van der Waals surface area (Å²) in [6.07, 6.45) is 0. The van der Waals surface area contributed by atoms with Gasteiger partial charge in [0.2, 0.25) is 0 Å². The van der Waals surface area contributed by atoms with E-state index in [9.17, 15) is 0 Å². The first kappa shape index (κ1) is 13.9. The van der Waals surface area contributed by atoms with Crippen LogP contribution in [-0.2, 0) is 0 Å². The van der Waals surface area contributed by atoms with Gasteiger partial charge in [-0.05, 0) is 18.6 Å². The van der Waals surface area contributed by atoms with Gasteiger partial charge in [0, 0.05) is 41.7 Å². The molecule has 1 aliphatic rings. The first-order valence-electron chi connectivity index (χ1n) is 6.85. The molecule has 0 spiro atoms. The summed E-state index contributed by atoms with van der Waals surface area (Å²) in [7, 11) is 0. The zero-order valence-corrected chi connectivity index (χ0v) is 12.4. The number of fused-ring (bicyclic) bond motifs is 1. The maximum Gasteiger partial charge on any atom is 0.0164 e. The molecular formula is C15H24N2S. The predicted molar refractivity (Wildman–Crippen MR) is 80.5 cm³/mol. The Hall–Kier alpha value is -0.510. The molecule has 0 aromatic heterocycles. The highest BCUT2D eigenvalue weighted by Crippen LogP contribution is 2.38. The predicted octanol–water partition coefficient (Wildman–Crippen LogP) is 2.85. The van der Waals surface area contributed by atoms with Gasteiger partial charge in [0.25, 0.3) is 0 Å². The lowest BCUT2D eigenvalue weighted by Crippen LogP contribution is -2.40. The summed E-state index contributed by atoms with van der Waals surface area (Å²) in [5.41, 5.74) is 1.53. The molecule has 100 valence electrons. The van der Waals surface area contributed by atoms with Crippen LogP contribution in [0.25, 0.3) is 0 Å². The Kier molecular flexibility index (Phi) is 5.10. The van der Waals surface area contributed by atoms with E-state index < -0.39 is 0 Å². The highest BCUT2D eigenvalue weighted by Gasteiger charge is 2.22. The van der Waals surface area contributed by atoms with Crippen LogP contribution in [0.15, 0.2) is 29.2 Å². The Bertz CT molecular complexity index is 379. The van der Waals surface area contributed by atoms with Gasteiger partial charge in [0.05, 0.1) is 0 Å². The van der Waals surface area contributed by atoms with E-state index in [0.29, 0.717) is 18.0 Å². The van der Waals surface area contributed by atoms with Crippen LogP contribution < -0.4 is 10.6 Å². The third-order valence-electron chi connectivity index (χ3n) is 3.34. The monoisotopic (exact) mass is 264 g/mol. The first-order chi connectivity index (χ1) is 8.66. The van der Waals surface area contributed by atoms with Gasteiger partial charge in [-0.1, -0.05) is 32.0 Å². The number of rotatable bonds is 6. The highest BCUT2D eigenvalue weighted by atomic mass is 32.2. The summed E-state index contributed by atoms with van der Waals surface area (Å²) >= 11 is 1.99. The largest absolute Gasteiger partial charge is 0.313 e. The average Bonchev–Trinajstić information content (AvgIpc) is 2.77. The van der Waals surface area contributed by atoms with E-state index in [-0.39, 0.29) is 0 Å². The fourth-order valence-electron chi connectivity index (χ4n) is 2.23. The molecule has 2 N–H and O–H groups in total. The van der Waals surface area contributed by atoms with Crippen LogP contribution >= 0.6 is 11.8 Å². The lowest BCUT2D eigenvalue weighted by molar-refractivity contribution is 0.464. The molecule has 0 fully saturated rings. The molecule has 2 unspecified atom stereocenters. The minimum atomic E-state index is 0.533. The number of thioether (sulfide) groups is 1. The van der Waals surface area contributed by atoms with Crippen molar-refractivity contribution in [1.29, 1.82) is 0 Å². The molecule has 0 amide bonds. The molecule has 1 aromatic carbocycles. The van der Waals surface area contributed by atoms with Gasteiger partial charge in [-0.15, -0.1) is 11.8 Å². The van der Waals surface area contributed by atoms with Crippen molar-refractivity contribution in [2.75, 3.05) is 18.8 Å². The fourth-order valence-corrected chi connectivity index (χ4v) is 3.48. The zero-order valence-electron chi connectivity index (χ0n) is 11.6. The van der Waals surface area contributed by atoms with Gasteiger partial charge in [0.1, 0.15) is 0 Å². The molecule has 1 aromatic rings. The SMILES string of the molecule is CC(C)NCC(C)NCC1CSc2ccccc21. The smallest absolute Gasteiger partial charge is 0.0164 e. The van der Waals surface area contributed by atoms with Crippen LogP contribution in [0.4, 0.5) is 0 Å². The molecular weight excluding hydrogens is 240 g/mol. The van der Waals surface area contributed by atoms with Crippen molar-refractivity contribution < 1.29 is 0 Å². The number of hydrogen-bond acceptors (Lipinski definition) is 3. The summed E-state index contributed by atoms with van der Waals surface area (Å²) in [5, 5.41) is 7.12. The van der Waals surface area contributed by atoms with Gasteiger partial charge in [-0.2, -0.15) is 0 Å². The molecule has 0 saturated carbocycles. The second kappa shape index (κ2) is 6.60. The van der Waals surface area contributed by atoms with Crippen molar-refractivity contribution in [3.05, 3.63) is 29.8 Å². The molecule has 1 heterocycles. The lowest BCUT2D eigenvalue weighted by atomic mass is 10.0. The van der Waals surface area contributed by atoms with Crippen LogP contribution in [0.2, 0.25) is 0 Å². The molecule has 18 heavy (non-hydrogen) atoms. The van der Waals surface area contributed by atoms with Crippen molar-refractivity contribution in [1.82, 2.24) is 10.6 Å². The molecule has 0 bridgehead atoms. The molecule has 0 aliphatic carbocycles. The summed E-state index contributed by atoms with van der Waals surface area (Å²) < 4.78 is 0. The standard InChI is InChI=1S/C15H24N2S/c1-11(2)16-8-12(3)17-9-13-10-18-15-7-5-4-6-14(13)15/h4-7,11-13,16-17H,8-10H2,1-3H3. The lowest BCUT2D eigenvalue weighted by Gasteiger charge is -2.19. The van der Waals surface area contributed by atoms with Crippen LogP contribution in [-0.4, -0.2) is 30.9 Å². The minimum absolute atomic E-state index is 0.533. The molecule has 2 rings (SSSR count). The molecule has 2 atom stereocenters. The van der Waals surface area contributed by atoms with E-state index in [1.54, 1.807) is 0 Å². The zero-order chi connectivity index (χ0) is 13.0. The van der Waals surface area contributed by atoms with Crippen molar-refractivity contribution in [3.8, 4) is 0 Å². The van der Waals surface area contributed by atoms with E-state index >= 15 is 0 Å². The van der Waals surface area contributed by atoms with Crippen LogP contribution in [0.5, 0.6) is 0 Å². The Morgan fingerprint density at radius 1 is 1.22 bits per heavy atom. The normalized spacial score (nSPS) is 20.1. The van der Waals surface area contributed by atoms with Gasteiger partial charge in [0.15, 0.2) is 0 Å². The van der Waals surface area contributed by atoms with Crippen molar-refractivity contribution in [3.63, 3.8) is 0 Å². The van der Waals surface area contributed by atoms with Gasteiger partial charge in [-0.3, -0.25) is 0 Å². The molecule has 1 aliphatic heterocycles. The second-order valence-electron chi connectivity index (χ2n) is 5.42. The Balaban J connectivity index is 1.78. The highest BCUT2D eigenvalue weighted by molar-refractivity contribution is 7.99. The fraction of sp³-hybridized carbons (Fsp3) is 0.600. The summed E-state index contributed by atoms with van der Waals surface area (Å²) in [4.78, 5) is 1.47. The maximum absolute atomic E-state index is 3.64. The van der Waals surface area contributed by atoms with Crippen molar-refractivity contribution in [2.24, 2.45) is 0 Å². The quantitative estimate of drug-likeness (QED) is 0.826. The summed E-state index contributed by atoms with van der Waals surface area (Å²) in [5.74, 6) is 1.89. The minimum Gasteiger partial charge on any atom is -0.313 e. The molecule has 3 heteroatoms. The average molecular weight is 264 g/mol. The Labute approximate surface area is 115 Å². The van der Waals surface area contributed by atoms with Crippen molar-refractivity contribution >= 4 is 11.8 Å². The third kappa shape index (κ3) is 3.74. The second-order valence-corrected chi connectivity index (χ2v) is 6.48. The van der Waals surface area contributed by atoms with Crippen LogP contribution in [0, 0.1) is 0 Å².